The molecule has 0 bridgehead atoms. The second-order valence-corrected chi connectivity index (χ2v) is 12.4. The molecule has 6 aromatic rings. The molecule has 7 rings (SSSR count). The summed E-state index contributed by atoms with van der Waals surface area (Å²) in [6, 6.07) is 35.0. The van der Waals surface area contributed by atoms with Crippen molar-refractivity contribution >= 4 is 22.6 Å². The van der Waals surface area contributed by atoms with Gasteiger partial charge in [0.1, 0.15) is 5.52 Å². The monoisotopic (exact) mass is 629 g/mol. The Kier molecular flexibility index (Phi) is 7.92. The molecule has 0 aliphatic heterocycles. The molecule has 0 saturated heterocycles. The zero-order chi connectivity index (χ0) is 32.6. The lowest BCUT2D eigenvalue weighted by Crippen LogP contribution is -2.20. The Morgan fingerprint density at radius 1 is 0.745 bits per heavy atom. The SMILES string of the molecule is CC1(CCCCCn2cnc3c(NC(=O)c4ccccc4-c4ccc(C(F)(F)F)cc4)cccc32)c2ccccc2-c2ccccc21. The molecule has 0 spiro atoms. The van der Waals surface area contributed by atoms with Crippen LogP contribution >= 0.6 is 0 Å². The highest BCUT2D eigenvalue weighted by Crippen LogP contribution is 2.51. The van der Waals surface area contributed by atoms with Crippen LogP contribution in [0.5, 0.6) is 0 Å². The number of unbranched alkanes of at least 4 members (excludes halogenated alkanes) is 2. The maximum atomic E-state index is 13.5. The number of aromatic nitrogens is 2. The third-order valence-electron chi connectivity index (χ3n) is 9.50. The summed E-state index contributed by atoms with van der Waals surface area (Å²) < 4.78 is 41.4. The lowest BCUT2D eigenvalue weighted by atomic mass is 9.76. The molecular weight excluding hydrogens is 595 g/mol. The minimum atomic E-state index is -4.43. The first kappa shape index (κ1) is 30.5. The fourth-order valence-electron chi connectivity index (χ4n) is 7.08. The van der Waals surface area contributed by atoms with Crippen molar-refractivity contribution in [2.75, 3.05) is 5.32 Å². The average molecular weight is 630 g/mol. The number of rotatable bonds is 9. The minimum absolute atomic E-state index is 0.00708. The van der Waals surface area contributed by atoms with E-state index in [9.17, 15) is 18.0 Å². The Labute approximate surface area is 271 Å². The van der Waals surface area contributed by atoms with Crippen molar-refractivity contribution < 1.29 is 18.0 Å². The molecule has 1 amide bonds. The maximum Gasteiger partial charge on any atom is 0.416 e. The number of aryl methyl sites for hydroxylation is 1. The number of carbonyl (C=O) groups is 1. The van der Waals surface area contributed by atoms with Crippen molar-refractivity contribution in [3.63, 3.8) is 0 Å². The number of hydrogen-bond donors (Lipinski definition) is 1. The Morgan fingerprint density at radius 3 is 2.06 bits per heavy atom. The summed E-state index contributed by atoms with van der Waals surface area (Å²) in [7, 11) is 0. The van der Waals surface area contributed by atoms with E-state index in [4.69, 9.17) is 0 Å². The van der Waals surface area contributed by atoms with Gasteiger partial charge < -0.3 is 9.88 Å². The van der Waals surface area contributed by atoms with Gasteiger partial charge in [0.05, 0.1) is 23.1 Å². The molecule has 0 fully saturated rings. The van der Waals surface area contributed by atoms with Crippen LogP contribution in [0, 0.1) is 0 Å². The van der Waals surface area contributed by atoms with Crippen LogP contribution in [0.1, 0.15) is 59.7 Å². The van der Waals surface area contributed by atoms with Gasteiger partial charge in [0.25, 0.3) is 5.91 Å². The normalized spacial score (nSPS) is 13.4. The summed E-state index contributed by atoms with van der Waals surface area (Å²) in [5, 5.41) is 2.99. The quantitative estimate of drug-likeness (QED) is 0.162. The molecule has 0 radical (unpaired) electrons. The number of imidazole rings is 1. The zero-order valence-corrected chi connectivity index (χ0v) is 26.0. The van der Waals surface area contributed by atoms with Gasteiger partial charge in [-0.15, -0.1) is 0 Å². The van der Waals surface area contributed by atoms with Gasteiger partial charge in [0.2, 0.25) is 0 Å². The summed E-state index contributed by atoms with van der Waals surface area (Å²) in [6.07, 6.45) is 1.66. The summed E-state index contributed by atoms with van der Waals surface area (Å²) in [5.41, 5.74) is 8.46. The molecule has 4 nitrogen and oxygen atoms in total. The molecule has 0 saturated carbocycles. The van der Waals surface area contributed by atoms with Crippen LogP contribution in [0.15, 0.2) is 122 Å². The number of benzene rings is 5. The number of anilines is 1. The Hall–Kier alpha value is -5.17. The number of nitrogens with zero attached hydrogens (tertiary/aromatic N) is 2. The van der Waals surface area contributed by atoms with Gasteiger partial charge in [-0.3, -0.25) is 4.79 Å². The molecule has 236 valence electrons. The summed E-state index contributed by atoms with van der Waals surface area (Å²) in [6.45, 7) is 3.19. The van der Waals surface area contributed by atoms with E-state index in [0.717, 1.165) is 49.9 Å². The number of hydrogen-bond acceptors (Lipinski definition) is 2. The van der Waals surface area contributed by atoms with Crippen molar-refractivity contribution in [3.8, 4) is 22.3 Å². The zero-order valence-electron chi connectivity index (χ0n) is 26.0. The second kappa shape index (κ2) is 12.2. The van der Waals surface area contributed by atoms with Crippen LogP contribution in [-0.4, -0.2) is 15.5 Å². The van der Waals surface area contributed by atoms with Gasteiger partial charge in [0, 0.05) is 17.5 Å². The summed E-state index contributed by atoms with van der Waals surface area (Å²) in [5.74, 6) is -0.355. The lowest BCUT2D eigenvalue weighted by molar-refractivity contribution is -0.137. The van der Waals surface area contributed by atoms with E-state index in [2.05, 4.69) is 70.3 Å². The predicted molar refractivity (Wildman–Crippen MR) is 181 cm³/mol. The summed E-state index contributed by atoms with van der Waals surface area (Å²) >= 11 is 0. The molecule has 1 aliphatic carbocycles. The van der Waals surface area contributed by atoms with Crippen molar-refractivity contribution in [2.24, 2.45) is 0 Å². The molecule has 0 unspecified atom stereocenters. The largest absolute Gasteiger partial charge is 0.416 e. The third kappa shape index (κ3) is 5.71. The van der Waals surface area contributed by atoms with E-state index in [1.807, 2.05) is 24.5 Å². The van der Waals surface area contributed by atoms with E-state index in [1.54, 1.807) is 24.3 Å². The third-order valence-corrected chi connectivity index (χ3v) is 9.50. The molecule has 1 N–H and O–H groups in total. The van der Waals surface area contributed by atoms with Gasteiger partial charge in [0.15, 0.2) is 0 Å². The first-order chi connectivity index (χ1) is 22.7. The smallest absolute Gasteiger partial charge is 0.331 e. The van der Waals surface area contributed by atoms with Gasteiger partial charge in [-0.25, -0.2) is 4.98 Å². The van der Waals surface area contributed by atoms with E-state index < -0.39 is 11.7 Å². The predicted octanol–water partition coefficient (Wildman–Crippen LogP) is 10.5. The van der Waals surface area contributed by atoms with Crippen molar-refractivity contribution in [1.82, 2.24) is 9.55 Å². The number of fused-ring (bicyclic) bond motifs is 4. The molecule has 0 atom stereocenters. The van der Waals surface area contributed by atoms with E-state index in [0.29, 0.717) is 27.9 Å². The molecule has 7 heteroatoms. The Morgan fingerprint density at radius 2 is 1.38 bits per heavy atom. The molecule has 47 heavy (non-hydrogen) atoms. The second-order valence-electron chi connectivity index (χ2n) is 12.4. The lowest BCUT2D eigenvalue weighted by Gasteiger charge is -2.27. The Balaban J connectivity index is 1.02. The van der Waals surface area contributed by atoms with Crippen LogP contribution in [0.4, 0.5) is 18.9 Å². The van der Waals surface area contributed by atoms with Crippen molar-refractivity contribution in [2.45, 2.75) is 50.7 Å². The topological polar surface area (TPSA) is 46.9 Å². The van der Waals surface area contributed by atoms with Gasteiger partial charge in [-0.05, 0) is 76.6 Å². The molecular formula is C40H34F3N3O. The number of carbonyl (C=O) groups excluding carboxylic acids is 1. The van der Waals surface area contributed by atoms with Crippen molar-refractivity contribution in [3.05, 3.63) is 144 Å². The van der Waals surface area contributed by atoms with Crippen LogP contribution < -0.4 is 5.32 Å². The highest BCUT2D eigenvalue weighted by Gasteiger charge is 2.38. The number of nitrogens with one attached hydrogen (secondary N) is 1. The fourth-order valence-corrected chi connectivity index (χ4v) is 7.08. The first-order valence-corrected chi connectivity index (χ1v) is 16.0. The van der Waals surface area contributed by atoms with E-state index in [1.165, 1.54) is 34.4 Å². The highest BCUT2D eigenvalue weighted by molar-refractivity contribution is 6.11. The van der Waals surface area contributed by atoms with Gasteiger partial charge in [-0.2, -0.15) is 13.2 Å². The summed E-state index contributed by atoms with van der Waals surface area (Å²) in [4.78, 5) is 18.1. The fraction of sp³-hybridized carbons (Fsp3) is 0.200. The van der Waals surface area contributed by atoms with Gasteiger partial charge >= 0.3 is 6.18 Å². The number of para-hydroxylation sites is 1. The highest BCUT2D eigenvalue weighted by atomic mass is 19.4. The number of halogens is 3. The molecule has 1 aliphatic rings. The number of alkyl halides is 3. The van der Waals surface area contributed by atoms with Crippen molar-refractivity contribution in [1.29, 1.82) is 0 Å². The number of amides is 1. The van der Waals surface area contributed by atoms with Crippen LogP contribution in [0.25, 0.3) is 33.3 Å². The maximum absolute atomic E-state index is 13.5. The minimum Gasteiger partial charge on any atom is -0.331 e. The van der Waals surface area contributed by atoms with Crippen LogP contribution in [0.2, 0.25) is 0 Å². The van der Waals surface area contributed by atoms with E-state index in [-0.39, 0.29) is 11.3 Å². The molecule has 5 aromatic carbocycles. The average Bonchev–Trinajstić information content (AvgIpc) is 3.62. The molecule has 1 aromatic heterocycles. The first-order valence-electron chi connectivity index (χ1n) is 16.0. The molecule has 1 heterocycles. The van der Waals surface area contributed by atoms with Crippen LogP contribution in [0.3, 0.4) is 0 Å². The van der Waals surface area contributed by atoms with Gasteiger partial charge in [-0.1, -0.05) is 105 Å². The van der Waals surface area contributed by atoms with Crippen LogP contribution in [-0.2, 0) is 18.1 Å². The Bertz CT molecular complexity index is 2030. The standard InChI is InChI=1S/C40H34F3N3O/c1-39(33-16-7-5-13-30(33)31-14-6-8-17-34(31)39)24-9-2-10-25-46-26-44-37-35(18-11-19-36(37)46)45-38(47)32-15-4-3-12-29(32)27-20-22-28(23-21-27)40(41,42)43/h3-8,11-23,26H,2,9-10,24-25H2,1H3,(H,45,47). The van der Waals surface area contributed by atoms with E-state index >= 15 is 0 Å².